The van der Waals surface area contributed by atoms with Gasteiger partial charge in [-0.15, -0.1) is 0 Å². The Balaban J connectivity index is 2.84. The van der Waals surface area contributed by atoms with Crippen molar-refractivity contribution in [1.82, 2.24) is 5.48 Å². The lowest BCUT2D eigenvalue weighted by molar-refractivity contribution is 0.161. The van der Waals surface area contributed by atoms with Crippen LogP contribution in [0.2, 0.25) is 0 Å². The standard InChI is InChI=1S/C12H17NO/c1-10(2)7-8-11-5-3-4-6-12(11)9-13-14/h3-8,10,13-14H,9H2,1-2H3/b8-7+. The second-order valence-electron chi connectivity index (χ2n) is 3.64. The number of rotatable bonds is 4. The van der Waals surface area contributed by atoms with E-state index in [0.717, 1.165) is 11.1 Å². The average Bonchev–Trinajstić information content (AvgIpc) is 2.17. The maximum Gasteiger partial charge on any atom is 0.0464 e. The van der Waals surface area contributed by atoms with Gasteiger partial charge in [-0.1, -0.05) is 50.3 Å². The van der Waals surface area contributed by atoms with Crippen LogP contribution in [0, 0.1) is 5.92 Å². The molecule has 0 atom stereocenters. The number of hydrogen-bond acceptors (Lipinski definition) is 2. The second-order valence-corrected chi connectivity index (χ2v) is 3.64. The van der Waals surface area contributed by atoms with Crippen LogP contribution < -0.4 is 5.48 Å². The van der Waals surface area contributed by atoms with Gasteiger partial charge in [0.05, 0.1) is 0 Å². The van der Waals surface area contributed by atoms with Crippen LogP contribution in [0.25, 0.3) is 6.08 Å². The summed E-state index contributed by atoms with van der Waals surface area (Å²) in [6.45, 7) is 4.77. The third-order valence-corrected chi connectivity index (χ3v) is 1.99. The molecule has 2 nitrogen and oxygen atoms in total. The SMILES string of the molecule is CC(C)/C=C/c1ccccc1CNO. The van der Waals surface area contributed by atoms with Gasteiger partial charge >= 0.3 is 0 Å². The molecule has 0 aliphatic rings. The molecule has 76 valence electrons. The van der Waals surface area contributed by atoms with E-state index in [2.05, 4.69) is 31.5 Å². The highest BCUT2D eigenvalue weighted by Crippen LogP contribution is 2.11. The van der Waals surface area contributed by atoms with E-state index in [4.69, 9.17) is 5.21 Å². The van der Waals surface area contributed by atoms with Crippen molar-refractivity contribution in [3.05, 3.63) is 41.5 Å². The lowest BCUT2D eigenvalue weighted by Gasteiger charge is -2.04. The molecule has 0 amide bonds. The highest BCUT2D eigenvalue weighted by atomic mass is 16.5. The van der Waals surface area contributed by atoms with Gasteiger partial charge in [0.15, 0.2) is 0 Å². The molecular formula is C12H17NO. The van der Waals surface area contributed by atoms with E-state index >= 15 is 0 Å². The minimum absolute atomic E-state index is 0.485. The van der Waals surface area contributed by atoms with Gasteiger partial charge in [-0.2, -0.15) is 0 Å². The van der Waals surface area contributed by atoms with Crippen LogP contribution in [0.1, 0.15) is 25.0 Å². The van der Waals surface area contributed by atoms with Crippen molar-refractivity contribution in [2.75, 3.05) is 0 Å². The molecule has 1 aromatic rings. The zero-order chi connectivity index (χ0) is 10.4. The van der Waals surface area contributed by atoms with Crippen molar-refractivity contribution < 1.29 is 5.21 Å². The van der Waals surface area contributed by atoms with Crippen molar-refractivity contribution >= 4 is 6.08 Å². The van der Waals surface area contributed by atoms with Crippen molar-refractivity contribution in [2.45, 2.75) is 20.4 Å². The number of hydrogen-bond donors (Lipinski definition) is 2. The van der Waals surface area contributed by atoms with Crippen LogP contribution in [-0.4, -0.2) is 5.21 Å². The van der Waals surface area contributed by atoms with Crippen molar-refractivity contribution in [2.24, 2.45) is 5.92 Å². The smallest absolute Gasteiger partial charge is 0.0464 e. The van der Waals surface area contributed by atoms with Gasteiger partial charge in [-0.05, 0) is 17.0 Å². The van der Waals surface area contributed by atoms with Gasteiger partial charge in [-0.3, -0.25) is 0 Å². The van der Waals surface area contributed by atoms with E-state index in [1.54, 1.807) is 0 Å². The molecule has 0 fully saturated rings. The maximum absolute atomic E-state index is 8.65. The Hall–Kier alpha value is -1.12. The zero-order valence-electron chi connectivity index (χ0n) is 8.70. The monoisotopic (exact) mass is 191 g/mol. The molecule has 0 aliphatic carbocycles. The van der Waals surface area contributed by atoms with Crippen LogP contribution >= 0.6 is 0 Å². The van der Waals surface area contributed by atoms with Crippen molar-refractivity contribution in [3.8, 4) is 0 Å². The Labute approximate surface area is 85.2 Å². The highest BCUT2D eigenvalue weighted by molar-refractivity contribution is 5.53. The topological polar surface area (TPSA) is 32.3 Å². The van der Waals surface area contributed by atoms with E-state index in [1.165, 1.54) is 0 Å². The molecular weight excluding hydrogens is 174 g/mol. The molecule has 0 aromatic heterocycles. The summed E-state index contributed by atoms with van der Waals surface area (Å²) in [5, 5.41) is 8.65. The second kappa shape index (κ2) is 5.58. The molecule has 0 heterocycles. The summed E-state index contributed by atoms with van der Waals surface area (Å²) in [5.74, 6) is 0.546. The van der Waals surface area contributed by atoms with Crippen LogP contribution in [0.5, 0.6) is 0 Å². The minimum atomic E-state index is 0.485. The fourth-order valence-electron chi connectivity index (χ4n) is 1.24. The normalized spacial score (nSPS) is 11.4. The molecule has 2 N–H and O–H groups in total. The van der Waals surface area contributed by atoms with Gasteiger partial charge in [0.2, 0.25) is 0 Å². The molecule has 2 heteroatoms. The van der Waals surface area contributed by atoms with Gasteiger partial charge in [0.25, 0.3) is 0 Å². The van der Waals surface area contributed by atoms with Crippen molar-refractivity contribution in [3.63, 3.8) is 0 Å². The fourth-order valence-corrected chi connectivity index (χ4v) is 1.24. The Bertz CT molecular complexity index is 305. The van der Waals surface area contributed by atoms with Gasteiger partial charge in [0.1, 0.15) is 0 Å². The first kappa shape index (κ1) is 11.0. The molecule has 1 aromatic carbocycles. The largest absolute Gasteiger partial charge is 0.316 e. The molecule has 0 unspecified atom stereocenters. The Kier molecular flexibility index (Phi) is 4.36. The minimum Gasteiger partial charge on any atom is -0.316 e. The first-order valence-electron chi connectivity index (χ1n) is 4.87. The first-order chi connectivity index (χ1) is 6.74. The average molecular weight is 191 g/mol. The summed E-state index contributed by atoms with van der Waals surface area (Å²) in [4.78, 5) is 0. The lowest BCUT2D eigenvalue weighted by Crippen LogP contribution is -2.07. The summed E-state index contributed by atoms with van der Waals surface area (Å²) in [5.41, 5.74) is 4.44. The number of benzene rings is 1. The van der Waals surface area contributed by atoms with Gasteiger partial charge in [-0.25, -0.2) is 5.48 Å². The lowest BCUT2D eigenvalue weighted by atomic mass is 10.1. The third kappa shape index (κ3) is 3.32. The van der Waals surface area contributed by atoms with Gasteiger partial charge in [0, 0.05) is 6.54 Å². The van der Waals surface area contributed by atoms with Gasteiger partial charge < -0.3 is 5.21 Å². The Morgan fingerprint density at radius 2 is 2.07 bits per heavy atom. The summed E-state index contributed by atoms with van der Waals surface area (Å²) >= 11 is 0. The molecule has 0 saturated heterocycles. The zero-order valence-corrected chi connectivity index (χ0v) is 8.70. The number of hydroxylamine groups is 1. The Morgan fingerprint density at radius 1 is 1.36 bits per heavy atom. The third-order valence-electron chi connectivity index (χ3n) is 1.99. The first-order valence-corrected chi connectivity index (χ1v) is 4.87. The summed E-state index contributed by atoms with van der Waals surface area (Å²) < 4.78 is 0. The molecule has 1 rings (SSSR count). The van der Waals surface area contributed by atoms with Crippen molar-refractivity contribution in [1.29, 1.82) is 0 Å². The van der Waals surface area contributed by atoms with E-state index in [0.29, 0.717) is 12.5 Å². The molecule has 0 saturated carbocycles. The summed E-state index contributed by atoms with van der Waals surface area (Å²) in [7, 11) is 0. The highest BCUT2D eigenvalue weighted by Gasteiger charge is 1.96. The van der Waals surface area contributed by atoms with Crippen LogP contribution in [0.3, 0.4) is 0 Å². The predicted octanol–water partition coefficient (Wildman–Crippen LogP) is 2.83. The van der Waals surface area contributed by atoms with E-state index < -0.39 is 0 Å². The van der Waals surface area contributed by atoms with E-state index in [9.17, 15) is 0 Å². The summed E-state index contributed by atoms with van der Waals surface area (Å²) in [6, 6.07) is 8.02. The molecule has 14 heavy (non-hydrogen) atoms. The summed E-state index contributed by atoms with van der Waals surface area (Å²) in [6.07, 6.45) is 4.24. The number of allylic oxidation sites excluding steroid dienone is 1. The quantitative estimate of drug-likeness (QED) is 0.717. The molecule has 0 aliphatic heterocycles. The predicted molar refractivity (Wildman–Crippen MR) is 58.9 cm³/mol. The number of nitrogens with one attached hydrogen (secondary N) is 1. The molecule has 0 bridgehead atoms. The van der Waals surface area contributed by atoms with E-state index in [1.807, 2.05) is 24.3 Å². The van der Waals surface area contributed by atoms with Crippen LogP contribution in [0.15, 0.2) is 30.3 Å². The van der Waals surface area contributed by atoms with Crippen LogP contribution in [0.4, 0.5) is 0 Å². The molecule has 0 spiro atoms. The Morgan fingerprint density at radius 3 is 2.71 bits per heavy atom. The molecule has 0 radical (unpaired) electrons. The van der Waals surface area contributed by atoms with Crippen LogP contribution in [-0.2, 0) is 6.54 Å². The fraction of sp³-hybridized carbons (Fsp3) is 0.333. The van der Waals surface area contributed by atoms with E-state index in [-0.39, 0.29) is 0 Å². The maximum atomic E-state index is 8.65.